The number of nitrogens with zero attached hydrogens (tertiary/aromatic N) is 1. The van der Waals surface area contributed by atoms with E-state index in [0.717, 1.165) is 16.9 Å². The Hall–Kier alpha value is -1.84. The largest absolute Gasteiger partial charge is 0.467 e. The molecule has 1 N–H and O–H groups in total. The molecule has 21 heavy (non-hydrogen) atoms. The number of carbonyl (C=O) groups is 2. The fourth-order valence-corrected chi connectivity index (χ4v) is 3.37. The molecule has 5 nitrogen and oxygen atoms in total. The number of hydrogen-bond acceptors (Lipinski definition) is 5. The van der Waals surface area contributed by atoms with Crippen LogP contribution in [0.1, 0.15) is 33.0 Å². The van der Waals surface area contributed by atoms with Crippen LogP contribution in [0.2, 0.25) is 0 Å². The standard InChI is InChI=1S/C15H17NO4S/c1-10-9-13(21-12(10)6-4-8-17)14(18)16-7-3-5-11(16)15(19)20-2/h9,11,17H,3,5,7-8H2,1-2H3. The molecule has 0 radical (unpaired) electrons. The predicted molar refractivity (Wildman–Crippen MR) is 79.1 cm³/mol. The summed E-state index contributed by atoms with van der Waals surface area (Å²) < 4.78 is 4.75. The van der Waals surface area contributed by atoms with Gasteiger partial charge in [-0.15, -0.1) is 11.3 Å². The highest BCUT2D eigenvalue weighted by Gasteiger charge is 2.35. The van der Waals surface area contributed by atoms with Crippen LogP contribution in [-0.2, 0) is 9.53 Å². The molecule has 0 bridgehead atoms. The normalized spacial score (nSPS) is 17.3. The monoisotopic (exact) mass is 307 g/mol. The molecule has 1 aromatic rings. The first-order valence-electron chi connectivity index (χ1n) is 6.67. The van der Waals surface area contributed by atoms with Gasteiger partial charge in [-0.05, 0) is 31.4 Å². The van der Waals surface area contributed by atoms with Crippen molar-refractivity contribution in [1.29, 1.82) is 0 Å². The van der Waals surface area contributed by atoms with Crippen LogP contribution in [0.5, 0.6) is 0 Å². The minimum atomic E-state index is -0.489. The van der Waals surface area contributed by atoms with E-state index in [1.807, 2.05) is 6.92 Å². The Morgan fingerprint density at radius 1 is 1.57 bits per heavy atom. The third-order valence-corrected chi connectivity index (χ3v) is 4.54. The van der Waals surface area contributed by atoms with Crippen LogP contribution >= 0.6 is 11.3 Å². The quantitative estimate of drug-likeness (QED) is 0.658. The summed E-state index contributed by atoms with van der Waals surface area (Å²) in [5.41, 5.74) is 0.901. The van der Waals surface area contributed by atoms with E-state index in [1.54, 1.807) is 11.0 Å². The van der Waals surface area contributed by atoms with Gasteiger partial charge in [-0.25, -0.2) is 4.79 Å². The van der Waals surface area contributed by atoms with Crippen LogP contribution < -0.4 is 0 Å². The molecule has 112 valence electrons. The zero-order valence-electron chi connectivity index (χ0n) is 12.0. The molecule has 1 aliphatic rings. The highest BCUT2D eigenvalue weighted by atomic mass is 32.1. The Bertz CT molecular complexity index is 611. The summed E-state index contributed by atoms with van der Waals surface area (Å²) in [6.07, 6.45) is 1.44. The van der Waals surface area contributed by atoms with Gasteiger partial charge >= 0.3 is 5.97 Å². The lowest BCUT2D eigenvalue weighted by Crippen LogP contribution is -2.40. The number of aliphatic hydroxyl groups excluding tert-OH is 1. The maximum absolute atomic E-state index is 12.5. The molecule has 0 aromatic carbocycles. The molecule has 2 heterocycles. The van der Waals surface area contributed by atoms with E-state index in [4.69, 9.17) is 9.84 Å². The van der Waals surface area contributed by atoms with Gasteiger partial charge in [0, 0.05) is 6.54 Å². The van der Waals surface area contributed by atoms with E-state index in [9.17, 15) is 9.59 Å². The first-order chi connectivity index (χ1) is 10.1. The average Bonchev–Trinajstić information content (AvgIpc) is 3.10. The summed E-state index contributed by atoms with van der Waals surface area (Å²) in [6.45, 7) is 2.22. The van der Waals surface area contributed by atoms with Crippen molar-refractivity contribution in [3.8, 4) is 11.8 Å². The SMILES string of the molecule is COC(=O)C1CCCN1C(=O)c1cc(C)c(C#CCO)s1. The topological polar surface area (TPSA) is 66.8 Å². The van der Waals surface area contributed by atoms with Gasteiger partial charge in [-0.2, -0.15) is 0 Å². The highest BCUT2D eigenvalue weighted by molar-refractivity contribution is 7.14. The molecule has 1 saturated heterocycles. The van der Waals surface area contributed by atoms with Crippen molar-refractivity contribution in [3.63, 3.8) is 0 Å². The fraction of sp³-hybridized carbons (Fsp3) is 0.467. The third-order valence-electron chi connectivity index (χ3n) is 3.40. The van der Waals surface area contributed by atoms with Crippen LogP contribution in [0.3, 0.4) is 0 Å². The molecule has 1 amide bonds. The Labute approximate surface area is 127 Å². The molecule has 0 spiro atoms. The first-order valence-corrected chi connectivity index (χ1v) is 7.49. The molecule has 2 rings (SSSR count). The number of carbonyl (C=O) groups excluding carboxylic acids is 2. The highest BCUT2D eigenvalue weighted by Crippen LogP contribution is 2.26. The third kappa shape index (κ3) is 3.26. The van der Waals surface area contributed by atoms with E-state index in [1.165, 1.54) is 18.4 Å². The number of likely N-dealkylation sites (tertiary alicyclic amines) is 1. The zero-order valence-corrected chi connectivity index (χ0v) is 12.8. The molecule has 1 fully saturated rings. The lowest BCUT2D eigenvalue weighted by atomic mass is 10.2. The second-order valence-electron chi connectivity index (χ2n) is 4.76. The molecule has 1 unspecified atom stereocenters. The minimum absolute atomic E-state index is 0.159. The van der Waals surface area contributed by atoms with Crippen molar-refractivity contribution < 1.29 is 19.4 Å². The van der Waals surface area contributed by atoms with Crippen LogP contribution in [0.4, 0.5) is 0 Å². The summed E-state index contributed by atoms with van der Waals surface area (Å²) in [6, 6.07) is 1.29. The summed E-state index contributed by atoms with van der Waals surface area (Å²) in [5.74, 6) is 4.88. The Morgan fingerprint density at radius 3 is 3.00 bits per heavy atom. The van der Waals surface area contributed by atoms with Gasteiger partial charge in [0.25, 0.3) is 5.91 Å². The smallest absolute Gasteiger partial charge is 0.328 e. The molecule has 6 heteroatoms. The molecular weight excluding hydrogens is 290 g/mol. The number of amides is 1. The van der Waals surface area contributed by atoms with Crippen molar-refractivity contribution in [1.82, 2.24) is 4.90 Å². The molecule has 1 aliphatic heterocycles. The summed E-state index contributed by atoms with van der Waals surface area (Å²) in [4.78, 5) is 27.2. The summed E-state index contributed by atoms with van der Waals surface area (Å²) >= 11 is 1.29. The molecule has 1 atom stereocenters. The number of methoxy groups -OCH3 is 1. The van der Waals surface area contributed by atoms with E-state index in [0.29, 0.717) is 17.8 Å². The molecule has 0 saturated carbocycles. The van der Waals surface area contributed by atoms with Gasteiger partial charge in [0.2, 0.25) is 0 Å². The van der Waals surface area contributed by atoms with Crippen molar-refractivity contribution in [2.24, 2.45) is 0 Å². The van der Waals surface area contributed by atoms with E-state index in [-0.39, 0.29) is 18.5 Å². The molecular formula is C15H17NO4S. The second-order valence-corrected chi connectivity index (χ2v) is 5.81. The second kappa shape index (κ2) is 6.74. The van der Waals surface area contributed by atoms with Crippen LogP contribution in [-0.4, -0.2) is 48.2 Å². The summed E-state index contributed by atoms with van der Waals surface area (Å²) in [7, 11) is 1.33. The lowest BCUT2D eigenvalue weighted by molar-refractivity contribution is -0.145. The van der Waals surface area contributed by atoms with Crippen LogP contribution in [0, 0.1) is 18.8 Å². The zero-order chi connectivity index (χ0) is 15.4. The molecule has 1 aromatic heterocycles. The first kappa shape index (κ1) is 15.5. The van der Waals surface area contributed by atoms with Crippen molar-refractivity contribution in [2.45, 2.75) is 25.8 Å². The maximum atomic E-state index is 12.5. The molecule has 0 aliphatic carbocycles. The van der Waals surface area contributed by atoms with Gasteiger partial charge in [0.15, 0.2) is 0 Å². The van der Waals surface area contributed by atoms with Gasteiger partial charge < -0.3 is 14.7 Å². The number of thiophene rings is 1. The number of ether oxygens (including phenoxy) is 1. The van der Waals surface area contributed by atoms with Gasteiger partial charge in [0.05, 0.1) is 16.9 Å². The minimum Gasteiger partial charge on any atom is -0.467 e. The van der Waals surface area contributed by atoms with E-state index < -0.39 is 6.04 Å². The Morgan fingerprint density at radius 2 is 2.33 bits per heavy atom. The Balaban J connectivity index is 2.22. The van der Waals surface area contributed by atoms with E-state index in [2.05, 4.69) is 11.8 Å². The summed E-state index contributed by atoms with van der Waals surface area (Å²) in [5, 5.41) is 8.73. The van der Waals surface area contributed by atoms with E-state index >= 15 is 0 Å². The number of rotatable bonds is 2. The number of aliphatic hydroxyl groups is 1. The van der Waals surface area contributed by atoms with Gasteiger partial charge in [-0.1, -0.05) is 11.8 Å². The lowest BCUT2D eigenvalue weighted by Gasteiger charge is -2.21. The predicted octanol–water partition coefficient (Wildman–Crippen LogP) is 1.18. The Kier molecular flexibility index (Phi) is 4.99. The van der Waals surface area contributed by atoms with Crippen molar-refractivity contribution >= 4 is 23.2 Å². The number of aryl methyl sites for hydroxylation is 1. The average molecular weight is 307 g/mol. The number of hydrogen-bond donors (Lipinski definition) is 1. The van der Waals surface area contributed by atoms with Crippen molar-refractivity contribution in [2.75, 3.05) is 20.3 Å². The van der Waals surface area contributed by atoms with Gasteiger partial charge in [-0.3, -0.25) is 4.79 Å². The van der Waals surface area contributed by atoms with Gasteiger partial charge in [0.1, 0.15) is 12.6 Å². The van der Waals surface area contributed by atoms with Crippen LogP contribution in [0.15, 0.2) is 6.07 Å². The van der Waals surface area contributed by atoms with Crippen LogP contribution in [0.25, 0.3) is 0 Å². The maximum Gasteiger partial charge on any atom is 0.328 e. The fourth-order valence-electron chi connectivity index (χ4n) is 2.36. The number of esters is 1. The van der Waals surface area contributed by atoms with Crippen molar-refractivity contribution in [3.05, 3.63) is 21.4 Å².